The molecule has 0 spiro atoms. The summed E-state index contributed by atoms with van der Waals surface area (Å²) in [5.74, 6) is 0.471. The van der Waals surface area contributed by atoms with Crippen LogP contribution in [0.2, 0.25) is 0 Å². The number of carbonyl (C=O) groups is 1. The molecule has 1 aromatic rings. The van der Waals surface area contributed by atoms with Crippen LogP contribution < -0.4 is 10.8 Å². The summed E-state index contributed by atoms with van der Waals surface area (Å²) in [5, 5.41) is 2.92. The number of hydrogen-bond acceptors (Lipinski definition) is 5. The Morgan fingerprint density at radius 1 is 1.67 bits per heavy atom. The summed E-state index contributed by atoms with van der Waals surface area (Å²) in [5.41, 5.74) is 3.73. The molecule has 0 unspecified atom stereocenters. The molecule has 1 aliphatic rings. The van der Waals surface area contributed by atoms with Gasteiger partial charge in [0.1, 0.15) is 12.1 Å². The van der Waals surface area contributed by atoms with E-state index >= 15 is 0 Å². The van der Waals surface area contributed by atoms with Crippen LogP contribution in [0.3, 0.4) is 0 Å². The van der Waals surface area contributed by atoms with Gasteiger partial charge in [-0.05, 0) is 0 Å². The highest BCUT2D eigenvalue weighted by atomic mass is 16.6. The van der Waals surface area contributed by atoms with Gasteiger partial charge in [-0.15, -0.1) is 0 Å². The van der Waals surface area contributed by atoms with Crippen LogP contribution in [-0.4, -0.2) is 23.0 Å². The van der Waals surface area contributed by atoms with Crippen LogP contribution in [0.5, 0.6) is 0 Å². The van der Waals surface area contributed by atoms with Crippen molar-refractivity contribution in [2.45, 2.75) is 6.42 Å². The van der Waals surface area contributed by atoms with Gasteiger partial charge in [0.25, 0.3) is 5.91 Å². The molecule has 0 aliphatic carbocycles. The average molecular weight is 206 g/mol. The van der Waals surface area contributed by atoms with E-state index in [1.165, 1.54) is 13.4 Å². The van der Waals surface area contributed by atoms with Crippen molar-refractivity contribution in [3.05, 3.63) is 29.9 Å². The second-order valence-corrected chi connectivity index (χ2v) is 3.02. The molecule has 15 heavy (non-hydrogen) atoms. The third kappa shape index (κ3) is 1.94. The van der Waals surface area contributed by atoms with E-state index in [0.29, 0.717) is 12.0 Å². The number of anilines is 1. The van der Waals surface area contributed by atoms with Gasteiger partial charge in [-0.3, -0.25) is 9.63 Å². The number of rotatable bonds is 2. The summed E-state index contributed by atoms with van der Waals surface area (Å²) in [7, 11) is 1.39. The van der Waals surface area contributed by atoms with Crippen LogP contribution >= 0.6 is 0 Å². The summed E-state index contributed by atoms with van der Waals surface area (Å²) in [6, 6.07) is 0. The number of aromatic nitrogens is 2. The van der Waals surface area contributed by atoms with Crippen molar-refractivity contribution >= 4 is 11.7 Å². The normalized spacial score (nSPS) is 13.5. The third-order valence-electron chi connectivity index (χ3n) is 2.04. The maximum Gasteiger partial charge on any atom is 0.272 e. The minimum atomic E-state index is -0.264. The Morgan fingerprint density at radius 2 is 2.53 bits per heavy atom. The molecule has 0 bridgehead atoms. The van der Waals surface area contributed by atoms with E-state index in [-0.39, 0.29) is 5.91 Å². The van der Waals surface area contributed by atoms with E-state index < -0.39 is 0 Å². The van der Waals surface area contributed by atoms with Crippen LogP contribution in [0.4, 0.5) is 5.82 Å². The van der Waals surface area contributed by atoms with Gasteiger partial charge in [-0.25, -0.2) is 15.4 Å². The van der Waals surface area contributed by atoms with Crippen molar-refractivity contribution in [2.75, 3.05) is 12.4 Å². The van der Waals surface area contributed by atoms with Gasteiger partial charge < -0.3 is 5.32 Å². The number of hydroxylamine groups is 1. The molecule has 6 heteroatoms. The fourth-order valence-electron chi connectivity index (χ4n) is 1.33. The Balaban J connectivity index is 2.16. The lowest BCUT2D eigenvalue weighted by atomic mass is 10.1. The number of amides is 1. The van der Waals surface area contributed by atoms with Crippen molar-refractivity contribution in [1.82, 2.24) is 15.4 Å². The first-order valence-electron chi connectivity index (χ1n) is 4.39. The van der Waals surface area contributed by atoms with Gasteiger partial charge in [0, 0.05) is 30.0 Å². The molecule has 0 saturated heterocycles. The van der Waals surface area contributed by atoms with E-state index in [1.54, 1.807) is 12.4 Å². The van der Waals surface area contributed by atoms with Gasteiger partial charge in [-0.1, -0.05) is 0 Å². The van der Waals surface area contributed by atoms with Gasteiger partial charge in [0.2, 0.25) is 0 Å². The number of fused-ring (bicyclic) bond motifs is 1. The van der Waals surface area contributed by atoms with Gasteiger partial charge in [0.15, 0.2) is 0 Å². The highest BCUT2D eigenvalue weighted by molar-refractivity contribution is 5.94. The van der Waals surface area contributed by atoms with Crippen LogP contribution in [0.1, 0.15) is 5.56 Å². The van der Waals surface area contributed by atoms with Crippen LogP contribution in [0.25, 0.3) is 0 Å². The highest BCUT2D eigenvalue weighted by Gasteiger charge is 2.17. The van der Waals surface area contributed by atoms with E-state index in [0.717, 1.165) is 11.4 Å². The molecule has 1 aliphatic heterocycles. The number of nitrogens with one attached hydrogen (secondary N) is 2. The van der Waals surface area contributed by atoms with Crippen molar-refractivity contribution in [1.29, 1.82) is 0 Å². The topological polar surface area (TPSA) is 76.1 Å². The summed E-state index contributed by atoms with van der Waals surface area (Å²) < 4.78 is 0. The molecule has 2 rings (SSSR count). The van der Waals surface area contributed by atoms with Crippen LogP contribution in [0, 0.1) is 0 Å². The third-order valence-corrected chi connectivity index (χ3v) is 2.04. The second kappa shape index (κ2) is 4.05. The monoisotopic (exact) mass is 206 g/mol. The standard InChI is InChI=1S/C9H10N4O2/c1-15-13-9(14)7-2-6-3-10-5-12-8(6)11-4-7/h3-5H,2H2,1H3,(H,13,14)(H,10,11,12). The smallest absolute Gasteiger partial charge is 0.272 e. The molecule has 2 N–H and O–H groups in total. The average Bonchev–Trinajstić information content (AvgIpc) is 2.29. The molecule has 2 heterocycles. The van der Waals surface area contributed by atoms with Crippen LogP contribution in [0.15, 0.2) is 24.3 Å². The molecular formula is C9H10N4O2. The first-order valence-corrected chi connectivity index (χ1v) is 4.39. The molecule has 0 atom stereocenters. The quantitative estimate of drug-likeness (QED) is 0.666. The molecule has 0 radical (unpaired) electrons. The molecule has 0 aromatic carbocycles. The lowest BCUT2D eigenvalue weighted by molar-refractivity contribution is -0.127. The lowest BCUT2D eigenvalue weighted by Gasteiger charge is -2.15. The van der Waals surface area contributed by atoms with Gasteiger partial charge in [-0.2, -0.15) is 0 Å². The maximum atomic E-state index is 11.4. The Labute approximate surface area is 86.3 Å². The molecule has 0 saturated carbocycles. The predicted molar refractivity (Wildman–Crippen MR) is 52.6 cm³/mol. The Hall–Kier alpha value is -1.95. The van der Waals surface area contributed by atoms with E-state index in [9.17, 15) is 4.79 Å². The zero-order valence-electron chi connectivity index (χ0n) is 8.15. The Morgan fingerprint density at radius 3 is 3.33 bits per heavy atom. The minimum absolute atomic E-state index is 0.264. The molecule has 0 fully saturated rings. The number of hydrogen-bond donors (Lipinski definition) is 2. The largest absolute Gasteiger partial charge is 0.346 e. The molecule has 78 valence electrons. The van der Waals surface area contributed by atoms with E-state index in [4.69, 9.17) is 0 Å². The summed E-state index contributed by atoms with van der Waals surface area (Å²) in [6.45, 7) is 0. The van der Waals surface area contributed by atoms with E-state index in [2.05, 4.69) is 25.6 Å². The Bertz CT molecular complexity index is 416. The predicted octanol–water partition coefficient (Wildman–Crippen LogP) is 0.00610. The second-order valence-electron chi connectivity index (χ2n) is 3.02. The van der Waals surface area contributed by atoms with Crippen molar-refractivity contribution in [3.63, 3.8) is 0 Å². The first-order chi connectivity index (χ1) is 7.31. The van der Waals surface area contributed by atoms with Gasteiger partial charge >= 0.3 is 0 Å². The maximum absolute atomic E-state index is 11.4. The first kappa shape index (κ1) is 9.60. The van der Waals surface area contributed by atoms with E-state index in [1.807, 2.05) is 0 Å². The van der Waals surface area contributed by atoms with Crippen LogP contribution in [-0.2, 0) is 16.1 Å². The summed E-state index contributed by atoms with van der Waals surface area (Å²) in [4.78, 5) is 23.9. The molecule has 1 amide bonds. The van der Waals surface area contributed by atoms with Crippen molar-refractivity contribution in [3.8, 4) is 0 Å². The fraction of sp³-hybridized carbons (Fsp3) is 0.222. The summed E-state index contributed by atoms with van der Waals surface area (Å²) >= 11 is 0. The lowest BCUT2D eigenvalue weighted by Crippen LogP contribution is -2.26. The molecular weight excluding hydrogens is 196 g/mol. The van der Waals surface area contributed by atoms with Crippen molar-refractivity contribution in [2.24, 2.45) is 0 Å². The van der Waals surface area contributed by atoms with Gasteiger partial charge in [0.05, 0.1) is 7.11 Å². The summed E-state index contributed by atoms with van der Waals surface area (Å²) in [6.07, 6.45) is 5.25. The SMILES string of the molecule is CONC(=O)C1=CNc2ncncc2C1. The Kier molecular flexibility index (Phi) is 2.59. The zero-order valence-corrected chi connectivity index (χ0v) is 8.15. The highest BCUT2D eigenvalue weighted by Crippen LogP contribution is 2.19. The number of carbonyl (C=O) groups excluding carboxylic acids is 1. The molecule has 6 nitrogen and oxygen atoms in total. The number of nitrogens with zero attached hydrogens (tertiary/aromatic N) is 2. The van der Waals surface area contributed by atoms with Crippen molar-refractivity contribution < 1.29 is 9.63 Å². The zero-order chi connectivity index (χ0) is 10.7. The fourth-order valence-corrected chi connectivity index (χ4v) is 1.33. The molecule has 1 aromatic heterocycles. The minimum Gasteiger partial charge on any atom is -0.346 e.